The number of nitrogens with one attached hydrogen (secondary N) is 2. The van der Waals surface area contributed by atoms with Crippen LogP contribution >= 0.6 is 11.3 Å². The van der Waals surface area contributed by atoms with Crippen LogP contribution in [0.4, 0.5) is 10.7 Å². The highest BCUT2D eigenvalue weighted by molar-refractivity contribution is 7.17. The van der Waals surface area contributed by atoms with E-state index in [4.69, 9.17) is 10.2 Å². The zero-order chi connectivity index (χ0) is 40.2. The number of carbonyl (C=O) groups excluding carboxylic acids is 3. The summed E-state index contributed by atoms with van der Waals surface area (Å²) in [6.45, 7) is 5.67. The van der Waals surface area contributed by atoms with E-state index in [-0.39, 0.29) is 49.6 Å². The second kappa shape index (κ2) is 21.2. The number of benzene rings is 2. The molecule has 57 heavy (non-hydrogen) atoms. The lowest BCUT2D eigenvalue weighted by Gasteiger charge is -2.32. The van der Waals surface area contributed by atoms with Crippen LogP contribution in [0.5, 0.6) is 0 Å². The molecule has 0 saturated heterocycles. The molecule has 12 nitrogen and oxygen atoms in total. The van der Waals surface area contributed by atoms with Gasteiger partial charge in [-0.25, -0.2) is 4.79 Å². The van der Waals surface area contributed by atoms with Gasteiger partial charge in [0.2, 0.25) is 5.91 Å². The number of amides is 3. The van der Waals surface area contributed by atoms with Crippen molar-refractivity contribution < 1.29 is 34.2 Å². The van der Waals surface area contributed by atoms with Gasteiger partial charge in [0.05, 0.1) is 23.2 Å². The van der Waals surface area contributed by atoms with Crippen LogP contribution in [0.25, 0.3) is 0 Å². The fourth-order valence-electron chi connectivity index (χ4n) is 7.04. The van der Waals surface area contributed by atoms with E-state index < -0.39 is 11.9 Å². The summed E-state index contributed by atoms with van der Waals surface area (Å²) in [6.07, 6.45) is 8.27. The average molecular weight is 798 g/mol. The van der Waals surface area contributed by atoms with E-state index in [1.54, 1.807) is 42.4 Å². The molecule has 304 valence electrons. The van der Waals surface area contributed by atoms with E-state index in [0.29, 0.717) is 47.1 Å². The number of carbonyl (C=O) groups is 5. The van der Waals surface area contributed by atoms with Gasteiger partial charge in [0.25, 0.3) is 11.8 Å². The van der Waals surface area contributed by atoms with Gasteiger partial charge in [-0.1, -0.05) is 45.5 Å². The molecular formula is C44H55N5O7S. The van der Waals surface area contributed by atoms with Gasteiger partial charge >= 0.3 is 11.9 Å². The molecule has 0 unspecified atom stereocenters. The molecular weight excluding hydrogens is 743 g/mol. The Morgan fingerprint density at radius 2 is 1.46 bits per heavy atom. The minimum absolute atomic E-state index is 0. The first-order chi connectivity index (χ1) is 26.9. The minimum atomic E-state index is -1.00. The second-order valence-corrected chi connectivity index (χ2v) is 15.3. The van der Waals surface area contributed by atoms with Gasteiger partial charge in [0, 0.05) is 61.5 Å². The summed E-state index contributed by atoms with van der Waals surface area (Å²) in [5.41, 5.74) is 5.65. The number of thiophene rings is 1. The van der Waals surface area contributed by atoms with E-state index in [2.05, 4.69) is 34.4 Å². The number of aromatic nitrogens is 1. The number of aromatic carboxylic acids is 1. The first-order valence-electron chi connectivity index (χ1n) is 19.3. The number of anilines is 2. The summed E-state index contributed by atoms with van der Waals surface area (Å²) >= 11 is 1.46. The van der Waals surface area contributed by atoms with Gasteiger partial charge in [0.15, 0.2) is 0 Å². The third-order valence-corrected chi connectivity index (χ3v) is 11.6. The van der Waals surface area contributed by atoms with E-state index >= 15 is 0 Å². The molecule has 2 aromatic carbocycles. The van der Waals surface area contributed by atoms with E-state index in [1.165, 1.54) is 11.3 Å². The maximum atomic E-state index is 13.9. The van der Waals surface area contributed by atoms with Crippen LogP contribution in [0.3, 0.4) is 0 Å². The SMILES string of the molecule is C.CCC(CC)N(CCN(C)C(=O)CCC(=O)O)Cc1cc(C(=O)Nc2sc3c(c2C(=O)Nc2ccc(CCc4ccc(C(=O)O)cc4)cc2)CCCC3)ccn1. The third-order valence-electron chi connectivity index (χ3n) is 10.3. The van der Waals surface area contributed by atoms with Gasteiger partial charge in [-0.3, -0.25) is 29.1 Å². The Balaban J connectivity index is 0.00000720. The largest absolute Gasteiger partial charge is 0.481 e. The number of fused-ring (bicyclic) bond motifs is 1. The number of pyridine rings is 1. The number of carboxylic acid groups (broad SMARTS) is 2. The van der Waals surface area contributed by atoms with Crippen LogP contribution in [0.15, 0.2) is 66.9 Å². The molecule has 0 spiro atoms. The predicted octanol–water partition coefficient (Wildman–Crippen LogP) is 7.96. The number of likely N-dealkylation sites (N-methyl/N-ethyl adjacent to an activating group) is 1. The Morgan fingerprint density at radius 3 is 2.09 bits per heavy atom. The Kier molecular flexibility index (Phi) is 16.5. The summed E-state index contributed by atoms with van der Waals surface area (Å²) < 4.78 is 0. The molecule has 5 rings (SSSR count). The Labute approximate surface area is 339 Å². The molecule has 0 saturated carbocycles. The number of hydrogen-bond acceptors (Lipinski definition) is 8. The molecule has 13 heteroatoms. The van der Waals surface area contributed by atoms with Crippen LogP contribution in [0.2, 0.25) is 0 Å². The Hall–Kier alpha value is -5.40. The van der Waals surface area contributed by atoms with E-state index in [1.807, 2.05) is 36.4 Å². The number of carboxylic acids is 2. The molecule has 0 fully saturated rings. The van der Waals surface area contributed by atoms with Crippen molar-refractivity contribution in [2.45, 2.75) is 98.1 Å². The Morgan fingerprint density at radius 1 is 0.807 bits per heavy atom. The number of hydrogen-bond donors (Lipinski definition) is 4. The van der Waals surface area contributed by atoms with Crippen molar-refractivity contribution >= 4 is 51.7 Å². The van der Waals surface area contributed by atoms with Crippen LogP contribution in [0, 0.1) is 0 Å². The zero-order valence-corrected chi connectivity index (χ0v) is 33.1. The van der Waals surface area contributed by atoms with Gasteiger partial charge < -0.3 is 25.7 Å². The highest BCUT2D eigenvalue weighted by Crippen LogP contribution is 2.39. The monoisotopic (exact) mass is 797 g/mol. The van der Waals surface area contributed by atoms with E-state index in [0.717, 1.165) is 72.9 Å². The van der Waals surface area contributed by atoms with Crippen molar-refractivity contribution in [1.82, 2.24) is 14.8 Å². The van der Waals surface area contributed by atoms with Crippen LogP contribution in [-0.4, -0.2) is 80.8 Å². The fraction of sp³-hybridized carbons (Fsp3) is 0.409. The second-order valence-electron chi connectivity index (χ2n) is 14.2. The maximum Gasteiger partial charge on any atom is 0.335 e. The maximum absolute atomic E-state index is 13.9. The van der Waals surface area contributed by atoms with Gasteiger partial charge in [0.1, 0.15) is 5.00 Å². The molecule has 1 aliphatic carbocycles. The molecule has 0 atom stereocenters. The molecule has 2 heterocycles. The molecule has 2 aromatic heterocycles. The number of aliphatic carboxylic acids is 1. The molecule has 0 bridgehead atoms. The smallest absolute Gasteiger partial charge is 0.335 e. The molecule has 4 N–H and O–H groups in total. The van der Waals surface area contributed by atoms with E-state index in [9.17, 15) is 24.0 Å². The topological polar surface area (TPSA) is 169 Å². The number of aryl methyl sites for hydroxylation is 3. The van der Waals surface area contributed by atoms with Crippen LogP contribution in [0.1, 0.15) is 118 Å². The lowest BCUT2D eigenvalue weighted by molar-refractivity contribution is -0.140. The first kappa shape index (κ1) is 44.3. The van der Waals surface area contributed by atoms with Crippen molar-refractivity contribution in [2.24, 2.45) is 0 Å². The summed E-state index contributed by atoms with van der Waals surface area (Å²) in [5, 5.41) is 24.7. The first-order valence-corrected chi connectivity index (χ1v) is 20.1. The van der Waals surface area contributed by atoms with Crippen molar-refractivity contribution in [3.8, 4) is 0 Å². The van der Waals surface area contributed by atoms with Crippen molar-refractivity contribution in [3.05, 3.63) is 111 Å². The quantitative estimate of drug-likeness (QED) is 0.0736. The fourth-order valence-corrected chi connectivity index (χ4v) is 8.32. The lowest BCUT2D eigenvalue weighted by Crippen LogP contribution is -2.41. The van der Waals surface area contributed by atoms with Gasteiger partial charge in [-0.2, -0.15) is 0 Å². The number of rotatable bonds is 19. The van der Waals surface area contributed by atoms with Gasteiger partial charge in [-0.15, -0.1) is 11.3 Å². The average Bonchev–Trinajstić information content (AvgIpc) is 3.57. The standard InChI is InChI=1S/C43H51N5O7S.CH4/c1-4-34(5-2)48(25-24-47(3)37(49)20-21-38(50)51)27-33-26-31(22-23-44-33)40(52)46-42-39(35-8-6-7-9-36(35)56-42)41(53)45-32-18-14-29(15-19-32)11-10-28-12-16-30(17-13-28)43(54)55;/h12-19,22-23,26,34H,4-11,20-21,24-25,27H2,1-3H3,(H,45,53)(H,46,52)(H,50,51)(H,54,55);1H4. The summed E-state index contributed by atoms with van der Waals surface area (Å²) in [4.78, 5) is 71.8. The highest BCUT2D eigenvalue weighted by atomic mass is 32.1. The predicted molar refractivity (Wildman–Crippen MR) is 224 cm³/mol. The summed E-state index contributed by atoms with van der Waals surface area (Å²) in [5.74, 6) is -2.77. The van der Waals surface area contributed by atoms with Crippen LogP contribution in [-0.2, 0) is 41.8 Å². The van der Waals surface area contributed by atoms with Crippen molar-refractivity contribution in [2.75, 3.05) is 30.8 Å². The molecule has 3 amide bonds. The summed E-state index contributed by atoms with van der Waals surface area (Å²) in [6, 6.07) is 18.2. The molecule has 4 aromatic rings. The van der Waals surface area contributed by atoms with Crippen molar-refractivity contribution in [1.29, 1.82) is 0 Å². The summed E-state index contributed by atoms with van der Waals surface area (Å²) in [7, 11) is 1.68. The lowest BCUT2D eigenvalue weighted by atomic mass is 9.95. The molecule has 0 radical (unpaired) electrons. The third kappa shape index (κ3) is 12.3. The molecule has 1 aliphatic rings. The number of nitrogens with zero attached hydrogens (tertiary/aromatic N) is 3. The minimum Gasteiger partial charge on any atom is -0.481 e. The molecule has 0 aliphatic heterocycles. The highest BCUT2D eigenvalue weighted by Gasteiger charge is 2.27. The zero-order valence-electron chi connectivity index (χ0n) is 32.3. The Bertz CT molecular complexity index is 2010. The normalized spacial score (nSPS) is 12.1. The van der Waals surface area contributed by atoms with Crippen LogP contribution < -0.4 is 10.6 Å². The van der Waals surface area contributed by atoms with Gasteiger partial charge in [-0.05, 0) is 104 Å². The van der Waals surface area contributed by atoms with Crippen molar-refractivity contribution in [3.63, 3.8) is 0 Å².